The van der Waals surface area contributed by atoms with Crippen LogP contribution in [-0.2, 0) is 22.4 Å². The van der Waals surface area contributed by atoms with Crippen LogP contribution >= 0.6 is 0 Å². The first-order valence-electron chi connectivity index (χ1n) is 12.5. The molecule has 0 spiro atoms. The van der Waals surface area contributed by atoms with Gasteiger partial charge in [0.25, 0.3) is 0 Å². The standard InChI is InChI=1S/C28H33N5O4/c1-33(28(36)37)22-13-11-21(12-14-22)27(35)32-23(15-18-5-3-2-4-6-18)26-30-17-24(31-26)20-9-7-19(8-10-20)16-25(29)34/h2-10,17,21-23H,11-16H2,1H3,(H2,29,34)(H,30,31)(H,32,35)(H,36,37). The van der Waals surface area contributed by atoms with E-state index in [0.29, 0.717) is 37.9 Å². The van der Waals surface area contributed by atoms with E-state index in [-0.39, 0.29) is 36.2 Å². The van der Waals surface area contributed by atoms with Gasteiger partial charge in [0.2, 0.25) is 11.8 Å². The lowest BCUT2D eigenvalue weighted by atomic mass is 9.84. The number of nitrogens with one attached hydrogen (secondary N) is 2. The van der Waals surface area contributed by atoms with Gasteiger partial charge in [-0.05, 0) is 43.2 Å². The number of rotatable bonds is 9. The number of amides is 3. The molecular weight excluding hydrogens is 470 g/mol. The van der Waals surface area contributed by atoms with Crippen molar-refractivity contribution in [2.75, 3.05) is 7.05 Å². The summed E-state index contributed by atoms with van der Waals surface area (Å²) < 4.78 is 0. The molecule has 3 aromatic rings. The van der Waals surface area contributed by atoms with Gasteiger partial charge in [-0.2, -0.15) is 0 Å². The van der Waals surface area contributed by atoms with E-state index in [9.17, 15) is 19.5 Å². The molecule has 9 heteroatoms. The number of hydrogen-bond donors (Lipinski definition) is 4. The van der Waals surface area contributed by atoms with Crippen molar-refractivity contribution in [3.63, 3.8) is 0 Å². The lowest BCUT2D eigenvalue weighted by Gasteiger charge is -2.33. The van der Waals surface area contributed by atoms with Crippen molar-refractivity contribution in [1.82, 2.24) is 20.2 Å². The predicted molar refractivity (Wildman–Crippen MR) is 139 cm³/mol. The van der Waals surface area contributed by atoms with Gasteiger partial charge in [-0.3, -0.25) is 9.59 Å². The smallest absolute Gasteiger partial charge is 0.407 e. The molecule has 1 saturated carbocycles. The number of H-pyrrole nitrogens is 1. The number of aromatic nitrogens is 2. The van der Waals surface area contributed by atoms with Crippen LogP contribution in [0.5, 0.6) is 0 Å². The Hall–Kier alpha value is -4.14. The molecular formula is C28H33N5O4. The van der Waals surface area contributed by atoms with Crippen LogP contribution in [0.3, 0.4) is 0 Å². The zero-order valence-electron chi connectivity index (χ0n) is 20.9. The molecule has 1 aliphatic carbocycles. The summed E-state index contributed by atoms with van der Waals surface area (Å²) in [5.41, 5.74) is 8.83. The number of hydrogen-bond acceptors (Lipinski definition) is 4. The number of carboxylic acid groups (broad SMARTS) is 1. The number of carbonyl (C=O) groups excluding carboxylic acids is 2. The van der Waals surface area contributed by atoms with Crippen LogP contribution in [-0.4, -0.2) is 51.0 Å². The van der Waals surface area contributed by atoms with E-state index >= 15 is 0 Å². The fraction of sp³-hybridized carbons (Fsp3) is 0.357. The maximum absolute atomic E-state index is 13.3. The molecule has 1 heterocycles. The number of primary amides is 1. The molecule has 0 radical (unpaired) electrons. The minimum atomic E-state index is -0.938. The molecule has 0 aliphatic heterocycles. The number of benzene rings is 2. The largest absolute Gasteiger partial charge is 0.465 e. The van der Waals surface area contributed by atoms with E-state index in [1.807, 2.05) is 60.8 Å². The molecule has 3 amide bonds. The summed E-state index contributed by atoms with van der Waals surface area (Å²) in [7, 11) is 1.59. The van der Waals surface area contributed by atoms with Gasteiger partial charge in [0, 0.05) is 30.8 Å². The van der Waals surface area contributed by atoms with E-state index in [4.69, 9.17) is 10.7 Å². The van der Waals surface area contributed by atoms with Gasteiger partial charge < -0.3 is 26.0 Å². The van der Waals surface area contributed by atoms with Gasteiger partial charge in [0.1, 0.15) is 5.82 Å². The van der Waals surface area contributed by atoms with E-state index in [0.717, 1.165) is 22.4 Å². The highest BCUT2D eigenvalue weighted by Gasteiger charge is 2.31. The monoisotopic (exact) mass is 503 g/mol. The lowest BCUT2D eigenvalue weighted by Crippen LogP contribution is -2.42. The Labute approximate surface area is 216 Å². The highest BCUT2D eigenvalue weighted by Crippen LogP contribution is 2.29. The maximum Gasteiger partial charge on any atom is 0.407 e. The molecule has 5 N–H and O–H groups in total. The average molecular weight is 504 g/mol. The highest BCUT2D eigenvalue weighted by atomic mass is 16.4. The Morgan fingerprint density at radius 2 is 1.73 bits per heavy atom. The number of carbonyl (C=O) groups is 3. The zero-order chi connectivity index (χ0) is 26.4. The van der Waals surface area contributed by atoms with Gasteiger partial charge in [0.05, 0.1) is 18.2 Å². The molecule has 1 unspecified atom stereocenters. The van der Waals surface area contributed by atoms with Crippen LogP contribution in [0.25, 0.3) is 11.3 Å². The fourth-order valence-electron chi connectivity index (χ4n) is 4.89. The number of nitrogens with two attached hydrogens (primary N) is 1. The third kappa shape index (κ3) is 6.75. The minimum absolute atomic E-state index is 0.0360. The Bertz CT molecular complexity index is 1220. The second-order valence-electron chi connectivity index (χ2n) is 9.66. The van der Waals surface area contributed by atoms with Crippen molar-refractivity contribution in [2.45, 2.75) is 50.6 Å². The van der Waals surface area contributed by atoms with Crippen LogP contribution in [0, 0.1) is 5.92 Å². The Kier molecular flexibility index (Phi) is 8.22. The normalized spacial score (nSPS) is 18.1. The first-order valence-corrected chi connectivity index (χ1v) is 12.5. The Morgan fingerprint density at radius 3 is 2.35 bits per heavy atom. The second-order valence-corrected chi connectivity index (χ2v) is 9.66. The second kappa shape index (κ2) is 11.7. The molecule has 0 saturated heterocycles. The fourth-order valence-corrected chi connectivity index (χ4v) is 4.89. The van der Waals surface area contributed by atoms with E-state index in [1.165, 1.54) is 4.90 Å². The van der Waals surface area contributed by atoms with Crippen LogP contribution in [0.4, 0.5) is 4.79 Å². The lowest BCUT2D eigenvalue weighted by molar-refractivity contribution is -0.127. The van der Waals surface area contributed by atoms with Crippen molar-refractivity contribution < 1.29 is 19.5 Å². The van der Waals surface area contributed by atoms with Crippen LogP contribution in [0.2, 0.25) is 0 Å². The van der Waals surface area contributed by atoms with Gasteiger partial charge in [-0.1, -0.05) is 54.6 Å². The first-order chi connectivity index (χ1) is 17.8. The van der Waals surface area contributed by atoms with Gasteiger partial charge >= 0.3 is 6.09 Å². The van der Waals surface area contributed by atoms with E-state index in [2.05, 4.69) is 10.3 Å². The Morgan fingerprint density at radius 1 is 1.05 bits per heavy atom. The topological polar surface area (TPSA) is 141 Å². The number of aromatic amines is 1. The molecule has 1 aliphatic rings. The molecule has 37 heavy (non-hydrogen) atoms. The molecule has 1 aromatic heterocycles. The summed E-state index contributed by atoms with van der Waals surface area (Å²) in [6.07, 6.45) is 4.27. The van der Waals surface area contributed by atoms with Crippen LogP contribution in [0.15, 0.2) is 60.8 Å². The van der Waals surface area contributed by atoms with Crippen LogP contribution in [0.1, 0.15) is 48.7 Å². The summed E-state index contributed by atoms with van der Waals surface area (Å²) in [6.45, 7) is 0. The first kappa shape index (κ1) is 25.9. The summed E-state index contributed by atoms with van der Waals surface area (Å²) >= 11 is 0. The van der Waals surface area contributed by atoms with Crippen molar-refractivity contribution in [1.29, 1.82) is 0 Å². The van der Waals surface area contributed by atoms with Crippen molar-refractivity contribution >= 4 is 17.9 Å². The average Bonchev–Trinajstić information content (AvgIpc) is 3.39. The minimum Gasteiger partial charge on any atom is -0.465 e. The highest BCUT2D eigenvalue weighted by molar-refractivity contribution is 5.79. The number of imidazole rings is 1. The molecule has 2 aromatic carbocycles. The summed E-state index contributed by atoms with van der Waals surface area (Å²) in [5.74, 6) is 0.0828. The van der Waals surface area contributed by atoms with Gasteiger partial charge in [-0.25, -0.2) is 9.78 Å². The van der Waals surface area contributed by atoms with Gasteiger partial charge in [-0.15, -0.1) is 0 Å². The van der Waals surface area contributed by atoms with E-state index in [1.54, 1.807) is 7.05 Å². The van der Waals surface area contributed by atoms with Crippen LogP contribution < -0.4 is 11.1 Å². The quantitative estimate of drug-likeness (QED) is 0.352. The van der Waals surface area contributed by atoms with Crippen molar-refractivity contribution in [3.8, 4) is 11.3 Å². The van der Waals surface area contributed by atoms with Gasteiger partial charge in [0.15, 0.2) is 0 Å². The molecule has 1 fully saturated rings. The molecule has 9 nitrogen and oxygen atoms in total. The SMILES string of the molecule is CN(C(=O)O)C1CCC(C(=O)NC(Cc2ccccc2)c2nc(-c3ccc(CC(N)=O)cc3)c[nH]2)CC1. The third-order valence-electron chi connectivity index (χ3n) is 7.07. The summed E-state index contributed by atoms with van der Waals surface area (Å²) in [4.78, 5) is 45.1. The zero-order valence-corrected chi connectivity index (χ0v) is 20.9. The molecule has 194 valence electrons. The molecule has 0 bridgehead atoms. The van der Waals surface area contributed by atoms with Crippen molar-refractivity contribution in [2.24, 2.45) is 11.7 Å². The molecule has 4 rings (SSSR count). The molecule has 1 atom stereocenters. The summed E-state index contributed by atoms with van der Waals surface area (Å²) in [6, 6.07) is 17.0. The Balaban J connectivity index is 1.48. The third-order valence-corrected chi connectivity index (χ3v) is 7.07. The maximum atomic E-state index is 13.3. The predicted octanol–water partition coefficient (Wildman–Crippen LogP) is 3.67. The number of nitrogens with zero attached hydrogens (tertiary/aromatic N) is 2. The summed E-state index contributed by atoms with van der Waals surface area (Å²) in [5, 5.41) is 12.4. The van der Waals surface area contributed by atoms with Crippen molar-refractivity contribution in [3.05, 3.63) is 77.7 Å². The van der Waals surface area contributed by atoms with E-state index < -0.39 is 6.09 Å².